The molecule has 1 aromatic carbocycles. The molecule has 0 aliphatic rings. The molecule has 8 heteroatoms. The minimum Gasteiger partial charge on any atom is -0.352 e. The molecule has 0 saturated heterocycles. The van der Waals surface area contributed by atoms with Gasteiger partial charge in [-0.3, -0.25) is 14.4 Å². The van der Waals surface area contributed by atoms with Crippen LogP contribution in [0.2, 0.25) is 0 Å². The number of aromatic nitrogens is 2. The lowest BCUT2D eigenvalue weighted by atomic mass is 10.3. The maximum absolute atomic E-state index is 12.2. The molecule has 1 aromatic heterocycles. The molecule has 2 aromatic rings. The van der Waals surface area contributed by atoms with E-state index in [-0.39, 0.29) is 30.1 Å². The van der Waals surface area contributed by atoms with Crippen LogP contribution in [0.1, 0.15) is 31.3 Å². The summed E-state index contributed by atoms with van der Waals surface area (Å²) in [6.07, 6.45) is 0. The maximum atomic E-state index is 12.2. The summed E-state index contributed by atoms with van der Waals surface area (Å²) in [7, 11) is 0. The molecule has 0 unspecified atom stereocenters. The Labute approximate surface area is 145 Å². The van der Waals surface area contributed by atoms with E-state index in [1.807, 2.05) is 32.0 Å². The van der Waals surface area contributed by atoms with Crippen molar-refractivity contribution >= 4 is 23.5 Å². The van der Waals surface area contributed by atoms with Crippen molar-refractivity contribution in [3.63, 3.8) is 0 Å². The third kappa shape index (κ3) is 5.17. The number of amides is 3. The number of carbonyl (C=O) groups is 3. The zero-order chi connectivity index (χ0) is 18.4. The second kappa shape index (κ2) is 8.09. The van der Waals surface area contributed by atoms with Crippen molar-refractivity contribution in [2.45, 2.75) is 26.8 Å². The average Bonchev–Trinajstić information content (AvgIpc) is 2.96. The topological polar surface area (TPSA) is 105 Å². The Kier molecular flexibility index (Phi) is 5.89. The van der Waals surface area contributed by atoms with Gasteiger partial charge >= 0.3 is 0 Å². The van der Waals surface area contributed by atoms with Crippen LogP contribution < -0.4 is 16.0 Å². The van der Waals surface area contributed by atoms with E-state index >= 15 is 0 Å². The van der Waals surface area contributed by atoms with Gasteiger partial charge in [0.25, 0.3) is 5.91 Å². The van der Waals surface area contributed by atoms with Gasteiger partial charge in [0, 0.05) is 19.0 Å². The lowest BCUT2D eigenvalue weighted by molar-refractivity contribution is -0.120. The number of nitrogens with zero attached hydrogens (tertiary/aromatic N) is 2. The summed E-state index contributed by atoms with van der Waals surface area (Å²) >= 11 is 0. The summed E-state index contributed by atoms with van der Waals surface area (Å²) in [5.74, 6) is -0.691. The summed E-state index contributed by atoms with van der Waals surface area (Å²) in [4.78, 5) is 35.2. The Morgan fingerprint density at radius 3 is 2.44 bits per heavy atom. The molecule has 2 rings (SSSR count). The van der Waals surface area contributed by atoms with Crippen molar-refractivity contribution in [1.82, 2.24) is 20.4 Å². The second-order valence-corrected chi connectivity index (χ2v) is 5.75. The Bertz CT molecular complexity index is 768. The number of para-hydroxylation sites is 1. The predicted octanol–water partition coefficient (Wildman–Crippen LogP) is 1.09. The van der Waals surface area contributed by atoms with Crippen molar-refractivity contribution in [3.05, 3.63) is 42.1 Å². The van der Waals surface area contributed by atoms with Gasteiger partial charge in [0.15, 0.2) is 5.69 Å². The first kappa shape index (κ1) is 18.2. The molecule has 0 radical (unpaired) electrons. The van der Waals surface area contributed by atoms with Gasteiger partial charge in [0.1, 0.15) is 5.82 Å². The first-order valence-corrected chi connectivity index (χ1v) is 7.87. The van der Waals surface area contributed by atoms with Gasteiger partial charge in [0.05, 0.1) is 12.2 Å². The van der Waals surface area contributed by atoms with E-state index in [2.05, 4.69) is 21.0 Å². The van der Waals surface area contributed by atoms with E-state index in [0.717, 1.165) is 0 Å². The highest BCUT2D eigenvalue weighted by molar-refractivity contribution is 5.97. The third-order valence-corrected chi connectivity index (χ3v) is 3.11. The molecular weight excluding hydrogens is 322 g/mol. The van der Waals surface area contributed by atoms with Crippen molar-refractivity contribution in [2.24, 2.45) is 0 Å². The summed E-state index contributed by atoms with van der Waals surface area (Å²) in [5, 5.41) is 12.1. The van der Waals surface area contributed by atoms with E-state index in [1.165, 1.54) is 17.7 Å². The van der Waals surface area contributed by atoms with Crippen LogP contribution in [0.3, 0.4) is 0 Å². The van der Waals surface area contributed by atoms with Gasteiger partial charge in [-0.2, -0.15) is 5.10 Å². The summed E-state index contributed by atoms with van der Waals surface area (Å²) in [6, 6.07) is 10.6. The fraction of sp³-hybridized carbons (Fsp3) is 0.294. The minimum absolute atomic E-state index is 0.00643. The van der Waals surface area contributed by atoms with Crippen molar-refractivity contribution < 1.29 is 14.4 Å². The molecule has 1 heterocycles. The Hall–Kier alpha value is -3.16. The van der Waals surface area contributed by atoms with Gasteiger partial charge in [-0.15, -0.1) is 0 Å². The highest BCUT2D eigenvalue weighted by Crippen LogP contribution is 2.17. The van der Waals surface area contributed by atoms with Crippen LogP contribution in [0.4, 0.5) is 5.82 Å². The molecule has 0 aliphatic carbocycles. The van der Waals surface area contributed by atoms with Gasteiger partial charge < -0.3 is 16.0 Å². The Morgan fingerprint density at radius 2 is 1.84 bits per heavy atom. The zero-order valence-electron chi connectivity index (χ0n) is 14.4. The second-order valence-electron chi connectivity index (χ2n) is 5.75. The van der Waals surface area contributed by atoms with Crippen LogP contribution >= 0.6 is 0 Å². The maximum Gasteiger partial charge on any atom is 0.272 e. The lowest BCUT2D eigenvalue weighted by Crippen LogP contribution is -2.39. The fourth-order valence-electron chi connectivity index (χ4n) is 2.15. The number of nitrogens with one attached hydrogen (secondary N) is 3. The number of hydrogen-bond donors (Lipinski definition) is 3. The molecule has 0 bridgehead atoms. The summed E-state index contributed by atoms with van der Waals surface area (Å²) < 4.78 is 1.46. The van der Waals surface area contributed by atoms with E-state index in [1.54, 1.807) is 12.1 Å². The largest absolute Gasteiger partial charge is 0.352 e. The first-order chi connectivity index (χ1) is 11.9. The molecule has 3 N–H and O–H groups in total. The zero-order valence-corrected chi connectivity index (χ0v) is 14.4. The molecule has 0 atom stereocenters. The smallest absolute Gasteiger partial charge is 0.272 e. The normalized spacial score (nSPS) is 10.4. The fourth-order valence-corrected chi connectivity index (χ4v) is 2.15. The van der Waals surface area contributed by atoms with Crippen molar-refractivity contribution in [2.75, 3.05) is 11.9 Å². The highest BCUT2D eigenvalue weighted by atomic mass is 16.2. The van der Waals surface area contributed by atoms with Crippen LogP contribution in [0.25, 0.3) is 5.69 Å². The van der Waals surface area contributed by atoms with Gasteiger partial charge in [-0.25, -0.2) is 4.68 Å². The molecule has 0 aliphatic heterocycles. The molecule has 8 nitrogen and oxygen atoms in total. The predicted molar refractivity (Wildman–Crippen MR) is 93.5 cm³/mol. The Morgan fingerprint density at radius 1 is 1.16 bits per heavy atom. The van der Waals surface area contributed by atoms with Gasteiger partial charge in [0.2, 0.25) is 11.8 Å². The molecule has 0 spiro atoms. The monoisotopic (exact) mass is 343 g/mol. The Balaban J connectivity index is 2.18. The third-order valence-electron chi connectivity index (χ3n) is 3.11. The lowest BCUT2D eigenvalue weighted by Gasteiger charge is -2.08. The number of carbonyl (C=O) groups excluding carboxylic acids is 3. The number of rotatable bonds is 6. The minimum atomic E-state index is -0.500. The molecule has 132 valence electrons. The average molecular weight is 343 g/mol. The SMILES string of the molecule is CC(=O)Nc1cc(C(=O)NCC(=O)NC(C)C)nn1-c1ccccc1. The standard InChI is InChI=1S/C17H21N5O3/c1-11(2)19-16(24)10-18-17(25)14-9-15(20-12(3)23)22(21-14)13-7-5-4-6-8-13/h4-9,11H,10H2,1-3H3,(H,18,25)(H,19,24)(H,20,23). The van der Waals surface area contributed by atoms with E-state index in [4.69, 9.17) is 0 Å². The first-order valence-electron chi connectivity index (χ1n) is 7.87. The van der Waals surface area contributed by atoms with Crippen LogP contribution in [-0.4, -0.2) is 40.1 Å². The van der Waals surface area contributed by atoms with Crippen LogP contribution in [0, 0.1) is 0 Å². The summed E-state index contributed by atoms with van der Waals surface area (Å²) in [6.45, 7) is 4.89. The number of hydrogen-bond acceptors (Lipinski definition) is 4. The molecule has 3 amide bonds. The van der Waals surface area contributed by atoms with E-state index in [9.17, 15) is 14.4 Å². The number of benzene rings is 1. The number of anilines is 1. The highest BCUT2D eigenvalue weighted by Gasteiger charge is 2.17. The molecule has 25 heavy (non-hydrogen) atoms. The summed E-state index contributed by atoms with van der Waals surface area (Å²) in [5.41, 5.74) is 0.799. The molecule has 0 saturated carbocycles. The van der Waals surface area contributed by atoms with E-state index in [0.29, 0.717) is 11.5 Å². The molecular formula is C17H21N5O3. The molecule has 0 fully saturated rings. The van der Waals surface area contributed by atoms with Crippen LogP contribution in [-0.2, 0) is 9.59 Å². The van der Waals surface area contributed by atoms with Crippen molar-refractivity contribution in [3.8, 4) is 5.69 Å². The van der Waals surface area contributed by atoms with Crippen molar-refractivity contribution in [1.29, 1.82) is 0 Å². The van der Waals surface area contributed by atoms with Crippen LogP contribution in [0.5, 0.6) is 0 Å². The van der Waals surface area contributed by atoms with Crippen LogP contribution in [0.15, 0.2) is 36.4 Å². The quantitative estimate of drug-likeness (QED) is 0.730. The van der Waals surface area contributed by atoms with E-state index < -0.39 is 5.91 Å². The van der Waals surface area contributed by atoms with Gasteiger partial charge in [-0.1, -0.05) is 18.2 Å². The van der Waals surface area contributed by atoms with Gasteiger partial charge in [-0.05, 0) is 26.0 Å².